The average molecular weight is 253 g/mol. The molecule has 0 rings (SSSR count). The molecule has 11 heavy (non-hydrogen) atoms. The first-order chi connectivity index (χ1) is 4.52. The van der Waals surface area contributed by atoms with Gasteiger partial charge in [-0.1, -0.05) is 20.3 Å². The molecule has 0 bridgehead atoms. The van der Waals surface area contributed by atoms with Crippen LogP contribution < -0.4 is 58.2 Å². The first-order valence-corrected chi connectivity index (χ1v) is 4.99. The van der Waals surface area contributed by atoms with Gasteiger partial charge in [-0.15, -0.1) is 0 Å². The topological polar surface area (TPSA) is 54.4 Å². The van der Waals surface area contributed by atoms with E-state index in [1.54, 1.807) is 6.92 Å². The normalized spacial score (nSPS) is 13.7. The van der Waals surface area contributed by atoms with Crippen molar-refractivity contribution in [2.45, 2.75) is 38.4 Å². The molecular weight excluding hydrogens is 238 g/mol. The summed E-state index contributed by atoms with van der Waals surface area (Å²) in [5.74, 6) is 0. The summed E-state index contributed by atoms with van der Waals surface area (Å²) in [6.45, 7) is 3.65. The van der Waals surface area contributed by atoms with E-state index in [0.717, 1.165) is 6.42 Å². The average Bonchev–Trinajstić information content (AvgIpc) is 1.80. The third-order valence-electron chi connectivity index (χ3n) is 1.49. The molecule has 0 aromatic rings. The standard InChI is InChI=1S/C6H14O3S.Rb.H/c1-3-5-6(4-2)10(7,8)9;;/h6H,3-5H2,1-2H3,(H,7,8,9);;/q;+1;-1. The van der Waals surface area contributed by atoms with Gasteiger partial charge in [-0.05, 0) is 12.8 Å². The second-order valence-electron chi connectivity index (χ2n) is 2.33. The molecule has 0 aliphatic rings. The Kier molecular flexibility index (Phi) is 9.88. The van der Waals surface area contributed by atoms with Crippen LogP contribution in [0.1, 0.15) is 34.5 Å². The zero-order valence-corrected chi connectivity index (χ0v) is 13.1. The van der Waals surface area contributed by atoms with Gasteiger partial charge < -0.3 is 1.43 Å². The smallest absolute Gasteiger partial charge is 1.00 e. The summed E-state index contributed by atoms with van der Waals surface area (Å²) >= 11 is 0. The Labute approximate surface area is 119 Å². The second-order valence-corrected chi connectivity index (χ2v) is 4.03. The molecule has 3 nitrogen and oxygen atoms in total. The summed E-state index contributed by atoms with van der Waals surface area (Å²) in [4.78, 5) is 0. The van der Waals surface area contributed by atoms with E-state index in [4.69, 9.17) is 4.55 Å². The van der Waals surface area contributed by atoms with Gasteiger partial charge in [-0.2, -0.15) is 8.42 Å². The zero-order valence-electron chi connectivity index (χ0n) is 8.37. The van der Waals surface area contributed by atoms with Gasteiger partial charge in [-0.25, -0.2) is 0 Å². The molecule has 0 fully saturated rings. The van der Waals surface area contributed by atoms with Crippen LogP contribution in [-0.2, 0) is 10.1 Å². The third kappa shape index (κ3) is 6.84. The monoisotopic (exact) mass is 252 g/mol. The number of hydrogen-bond donors (Lipinski definition) is 1. The van der Waals surface area contributed by atoms with Crippen LogP contribution in [0.3, 0.4) is 0 Å². The Morgan fingerprint density at radius 3 is 2.00 bits per heavy atom. The molecule has 0 saturated carbocycles. The van der Waals surface area contributed by atoms with Crippen LogP contribution in [0.15, 0.2) is 0 Å². The first kappa shape index (κ1) is 15.2. The molecule has 64 valence electrons. The van der Waals surface area contributed by atoms with Gasteiger partial charge in [0.25, 0.3) is 10.1 Å². The van der Waals surface area contributed by atoms with Crippen LogP contribution in [-0.4, -0.2) is 18.2 Å². The van der Waals surface area contributed by atoms with Crippen molar-refractivity contribution in [1.82, 2.24) is 0 Å². The van der Waals surface area contributed by atoms with E-state index < -0.39 is 15.4 Å². The van der Waals surface area contributed by atoms with Gasteiger partial charge in [0.1, 0.15) is 0 Å². The van der Waals surface area contributed by atoms with Crippen molar-refractivity contribution in [3.8, 4) is 0 Å². The predicted octanol–water partition coefficient (Wildman–Crippen LogP) is -1.43. The molecule has 0 aromatic heterocycles. The van der Waals surface area contributed by atoms with Gasteiger partial charge in [0, 0.05) is 0 Å². The van der Waals surface area contributed by atoms with Crippen LogP contribution in [0.4, 0.5) is 0 Å². The van der Waals surface area contributed by atoms with Gasteiger partial charge in [0.2, 0.25) is 0 Å². The van der Waals surface area contributed by atoms with Gasteiger partial charge in [-0.3, -0.25) is 4.55 Å². The molecule has 0 heterocycles. The second kappa shape index (κ2) is 7.15. The predicted molar refractivity (Wildman–Crippen MR) is 41.6 cm³/mol. The maximum Gasteiger partial charge on any atom is 1.00 e. The molecule has 0 amide bonds. The van der Waals surface area contributed by atoms with E-state index in [2.05, 4.69) is 0 Å². The molecule has 0 spiro atoms. The third-order valence-corrected chi connectivity index (χ3v) is 2.90. The van der Waals surface area contributed by atoms with Crippen LogP contribution in [0.25, 0.3) is 0 Å². The Bertz CT molecular complexity index is 181. The summed E-state index contributed by atoms with van der Waals surface area (Å²) < 4.78 is 29.6. The maximum absolute atomic E-state index is 10.5. The molecule has 1 atom stereocenters. The van der Waals surface area contributed by atoms with E-state index >= 15 is 0 Å². The van der Waals surface area contributed by atoms with Crippen molar-refractivity contribution < 1.29 is 72.6 Å². The summed E-state index contributed by atoms with van der Waals surface area (Å²) in [7, 11) is -3.78. The fraction of sp³-hybridized carbons (Fsp3) is 1.00. The minimum absolute atomic E-state index is 0. The summed E-state index contributed by atoms with van der Waals surface area (Å²) in [5, 5.41) is -0.558. The van der Waals surface area contributed by atoms with Crippen LogP contribution in [0.5, 0.6) is 0 Å². The Morgan fingerprint density at radius 1 is 1.45 bits per heavy atom. The molecule has 5 heteroatoms. The van der Waals surface area contributed by atoms with Crippen molar-refractivity contribution in [3.63, 3.8) is 0 Å². The Balaban J connectivity index is -0.000000405. The van der Waals surface area contributed by atoms with Crippen molar-refractivity contribution in [2.24, 2.45) is 0 Å². The largest absolute Gasteiger partial charge is 1.00 e. The van der Waals surface area contributed by atoms with E-state index in [-0.39, 0.29) is 59.6 Å². The van der Waals surface area contributed by atoms with E-state index in [9.17, 15) is 8.42 Å². The van der Waals surface area contributed by atoms with Crippen LogP contribution >= 0.6 is 0 Å². The first-order valence-electron chi connectivity index (χ1n) is 3.48. The van der Waals surface area contributed by atoms with Crippen molar-refractivity contribution >= 4 is 10.1 Å². The van der Waals surface area contributed by atoms with Gasteiger partial charge in [0.05, 0.1) is 5.25 Å². The quantitative estimate of drug-likeness (QED) is 0.625. The summed E-state index contributed by atoms with van der Waals surface area (Å²) in [6.07, 6.45) is 1.83. The molecular formula is C6H15O3RbS. The van der Waals surface area contributed by atoms with Crippen molar-refractivity contribution in [2.75, 3.05) is 0 Å². The summed E-state index contributed by atoms with van der Waals surface area (Å²) in [5.41, 5.74) is 0. The fourth-order valence-corrected chi connectivity index (χ4v) is 1.84. The zero-order chi connectivity index (χ0) is 8.20. The Morgan fingerprint density at radius 2 is 1.91 bits per heavy atom. The summed E-state index contributed by atoms with van der Waals surface area (Å²) in [6, 6.07) is 0. The molecule has 0 radical (unpaired) electrons. The molecule has 0 aliphatic heterocycles. The van der Waals surface area contributed by atoms with Crippen molar-refractivity contribution in [1.29, 1.82) is 0 Å². The van der Waals surface area contributed by atoms with Gasteiger partial charge in [0.15, 0.2) is 0 Å². The molecule has 0 aromatic carbocycles. The SMILES string of the molecule is CCCC(CC)S(=O)(=O)O.[H-].[Rb+]. The number of hydrogen-bond acceptors (Lipinski definition) is 2. The maximum atomic E-state index is 10.5. The van der Waals surface area contributed by atoms with Crippen molar-refractivity contribution in [3.05, 3.63) is 0 Å². The number of rotatable bonds is 4. The van der Waals surface area contributed by atoms with E-state index in [1.165, 1.54) is 0 Å². The minimum Gasteiger partial charge on any atom is -1.00 e. The molecule has 1 unspecified atom stereocenters. The van der Waals surface area contributed by atoms with E-state index in [1.807, 2.05) is 6.92 Å². The molecule has 1 N–H and O–H groups in total. The molecule has 0 aliphatic carbocycles. The van der Waals surface area contributed by atoms with Crippen LogP contribution in [0, 0.1) is 0 Å². The minimum atomic E-state index is -3.78. The fourth-order valence-electron chi connectivity index (χ4n) is 0.886. The van der Waals surface area contributed by atoms with Crippen LogP contribution in [0.2, 0.25) is 0 Å². The Hall–Kier alpha value is 1.72. The van der Waals surface area contributed by atoms with E-state index in [0.29, 0.717) is 12.8 Å². The molecule has 0 saturated heterocycles. The van der Waals surface area contributed by atoms with Gasteiger partial charge >= 0.3 is 58.2 Å².